The zero-order valence-corrected chi connectivity index (χ0v) is 23.6. The number of aliphatic carboxylic acids is 1. The molecule has 0 aliphatic carbocycles. The monoisotopic (exact) mass is 601 g/mol. The van der Waals surface area contributed by atoms with Crippen molar-refractivity contribution >= 4 is 47.8 Å². The number of nitrogens with one attached hydrogen (secondary N) is 2. The van der Waals surface area contributed by atoms with E-state index in [0.29, 0.717) is 5.56 Å². The van der Waals surface area contributed by atoms with Crippen molar-refractivity contribution in [3.8, 4) is 11.5 Å². The Morgan fingerprint density at radius 1 is 0.952 bits per heavy atom. The van der Waals surface area contributed by atoms with Crippen molar-refractivity contribution in [3.05, 3.63) is 59.7 Å². The van der Waals surface area contributed by atoms with Crippen molar-refractivity contribution in [2.45, 2.75) is 42.1 Å². The molecule has 2 fully saturated rings. The number of fused-ring (bicyclic) bond motifs is 1. The van der Waals surface area contributed by atoms with E-state index in [2.05, 4.69) is 20.1 Å². The fourth-order valence-electron chi connectivity index (χ4n) is 4.62. The van der Waals surface area contributed by atoms with Gasteiger partial charge in [0.25, 0.3) is 5.91 Å². The summed E-state index contributed by atoms with van der Waals surface area (Å²) < 4.78 is 18.1. The van der Waals surface area contributed by atoms with Gasteiger partial charge in [0.05, 0.1) is 14.2 Å². The van der Waals surface area contributed by atoms with E-state index in [1.165, 1.54) is 28.8 Å². The third kappa shape index (κ3) is 5.95. The summed E-state index contributed by atoms with van der Waals surface area (Å²) in [7, 11) is 2.13. The number of ether oxygens (including phenoxy) is 4. The van der Waals surface area contributed by atoms with Crippen molar-refractivity contribution < 1.29 is 52.8 Å². The van der Waals surface area contributed by atoms with E-state index in [1.54, 1.807) is 44.2 Å². The lowest BCUT2D eigenvalue weighted by molar-refractivity contribution is -0.161. The topological polar surface area (TPSA) is 187 Å². The molecule has 2 aromatic rings. The molecule has 2 heterocycles. The van der Waals surface area contributed by atoms with Gasteiger partial charge in [-0.1, -0.05) is 30.3 Å². The molecule has 42 heavy (non-hydrogen) atoms. The Morgan fingerprint density at radius 2 is 1.57 bits per heavy atom. The summed E-state index contributed by atoms with van der Waals surface area (Å²) in [5.74, 6) is -3.74. The summed E-state index contributed by atoms with van der Waals surface area (Å²) in [6, 6.07) is 8.46. The molecule has 15 heteroatoms. The minimum absolute atomic E-state index is 0.0804. The van der Waals surface area contributed by atoms with Crippen LogP contribution in [0.4, 0.5) is 9.59 Å². The highest BCUT2D eigenvalue weighted by Gasteiger charge is 2.64. The van der Waals surface area contributed by atoms with Gasteiger partial charge in [-0.15, -0.1) is 11.8 Å². The molecule has 222 valence electrons. The van der Waals surface area contributed by atoms with Crippen LogP contribution in [0.3, 0.4) is 0 Å². The van der Waals surface area contributed by atoms with Gasteiger partial charge in [-0.25, -0.2) is 14.4 Å². The maximum Gasteiger partial charge on any atom is 0.513 e. The number of amides is 3. The largest absolute Gasteiger partial charge is 0.513 e. The Balaban J connectivity index is 1.56. The van der Waals surface area contributed by atoms with Crippen molar-refractivity contribution in [2.75, 3.05) is 14.2 Å². The standard InChI is InChI=1S/C27H27N3O11S/c1-27(2)19(24(34)35)30-22(33)18(23(30)42-27)29-21(32)17(13-8-6-5-7-9-13)28-20(31)14-10-11-15(40-25(36)38-3)16(12-14)41-26(37)39-4/h5-12,17-19,23H,1-4H3,(H,28,31)(H,29,32)(H,34,35)/t17?,18-,19+,23-/m1/s1. The molecule has 0 spiro atoms. The van der Waals surface area contributed by atoms with E-state index in [-0.39, 0.29) is 17.1 Å². The highest BCUT2D eigenvalue weighted by atomic mass is 32.2. The van der Waals surface area contributed by atoms with Gasteiger partial charge in [0.15, 0.2) is 11.5 Å². The molecule has 2 aliphatic rings. The third-order valence-corrected chi connectivity index (χ3v) is 8.14. The lowest BCUT2D eigenvalue weighted by Gasteiger charge is -2.44. The summed E-state index contributed by atoms with van der Waals surface area (Å²) in [4.78, 5) is 76.1. The highest BCUT2D eigenvalue weighted by molar-refractivity contribution is 8.01. The lowest BCUT2D eigenvalue weighted by atomic mass is 9.95. The number of hydrogen-bond donors (Lipinski definition) is 3. The fourth-order valence-corrected chi connectivity index (χ4v) is 6.24. The lowest BCUT2D eigenvalue weighted by Crippen LogP contribution is -2.71. The molecule has 14 nitrogen and oxygen atoms in total. The number of methoxy groups -OCH3 is 2. The molecule has 4 atom stereocenters. The number of carbonyl (C=O) groups excluding carboxylic acids is 5. The SMILES string of the molecule is COC(=O)Oc1ccc(C(=O)NC(C(=O)N[C@@H]2C(=O)N3[C@@H]2SC(C)(C)[C@@H]3C(=O)O)c2ccccc2)cc1OC(=O)OC. The Hall–Kier alpha value is -4.79. The molecule has 0 aromatic heterocycles. The molecule has 0 radical (unpaired) electrons. The van der Waals surface area contributed by atoms with Gasteiger partial charge in [0.1, 0.15) is 23.5 Å². The predicted octanol–water partition coefficient (Wildman–Crippen LogP) is 2.08. The van der Waals surface area contributed by atoms with Gasteiger partial charge >= 0.3 is 18.3 Å². The maximum atomic E-state index is 13.5. The number of β-lactam (4-membered cyclic amide) rings is 1. The van der Waals surface area contributed by atoms with Gasteiger partial charge in [0, 0.05) is 10.3 Å². The number of nitrogens with zero attached hydrogens (tertiary/aromatic N) is 1. The van der Waals surface area contributed by atoms with Gasteiger partial charge in [-0.05, 0) is 37.6 Å². The molecule has 2 aliphatic heterocycles. The zero-order chi connectivity index (χ0) is 30.8. The van der Waals surface area contributed by atoms with Crippen LogP contribution in [0.5, 0.6) is 11.5 Å². The molecule has 3 N–H and O–H groups in total. The van der Waals surface area contributed by atoms with Crippen LogP contribution in [0.2, 0.25) is 0 Å². The van der Waals surface area contributed by atoms with Crippen LogP contribution in [0.1, 0.15) is 35.8 Å². The Morgan fingerprint density at radius 3 is 2.17 bits per heavy atom. The minimum atomic E-state index is -1.27. The Bertz CT molecular complexity index is 1430. The van der Waals surface area contributed by atoms with E-state index in [9.17, 15) is 33.9 Å². The van der Waals surface area contributed by atoms with Gasteiger partial charge < -0.3 is 39.6 Å². The molecule has 3 amide bonds. The number of benzene rings is 2. The van der Waals surface area contributed by atoms with Gasteiger partial charge in [0.2, 0.25) is 11.8 Å². The normalized spacial score (nSPS) is 20.7. The van der Waals surface area contributed by atoms with E-state index in [4.69, 9.17) is 9.47 Å². The number of rotatable bonds is 8. The molecule has 1 unspecified atom stereocenters. The predicted molar refractivity (Wildman–Crippen MR) is 145 cm³/mol. The number of carboxylic acids is 1. The molecule has 0 bridgehead atoms. The number of carbonyl (C=O) groups is 6. The zero-order valence-electron chi connectivity index (χ0n) is 22.8. The van der Waals surface area contributed by atoms with Crippen LogP contribution in [0, 0.1) is 0 Å². The second-order valence-corrected chi connectivity index (χ2v) is 11.4. The van der Waals surface area contributed by atoms with Gasteiger partial charge in [-0.2, -0.15) is 0 Å². The van der Waals surface area contributed by atoms with Crippen molar-refractivity contribution in [2.24, 2.45) is 0 Å². The molecule has 0 saturated carbocycles. The maximum absolute atomic E-state index is 13.5. The fraction of sp³-hybridized carbons (Fsp3) is 0.333. The van der Waals surface area contributed by atoms with Crippen LogP contribution < -0.4 is 20.1 Å². The smallest absolute Gasteiger partial charge is 0.480 e. The van der Waals surface area contributed by atoms with E-state index in [1.807, 2.05) is 0 Å². The highest BCUT2D eigenvalue weighted by Crippen LogP contribution is 2.50. The summed E-state index contributed by atoms with van der Waals surface area (Å²) >= 11 is 1.27. The average Bonchev–Trinajstić information content (AvgIpc) is 3.23. The minimum Gasteiger partial charge on any atom is -0.480 e. The first-order chi connectivity index (χ1) is 19.9. The van der Waals surface area contributed by atoms with Crippen LogP contribution in [-0.2, 0) is 23.9 Å². The second-order valence-electron chi connectivity index (χ2n) is 9.68. The third-order valence-electron chi connectivity index (χ3n) is 6.57. The first kappa shape index (κ1) is 30.2. The van der Waals surface area contributed by atoms with E-state index in [0.717, 1.165) is 20.3 Å². The van der Waals surface area contributed by atoms with Gasteiger partial charge in [-0.3, -0.25) is 14.4 Å². The number of hydrogen-bond acceptors (Lipinski definition) is 11. The second kappa shape index (κ2) is 12.0. The summed E-state index contributed by atoms with van der Waals surface area (Å²) in [6.45, 7) is 3.43. The Kier molecular flexibility index (Phi) is 8.61. The van der Waals surface area contributed by atoms with Crippen LogP contribution in [0.15, 0.2) is 48.5 Å². The summed E-state index contributed by atoms with van der Waals surface area (Å²) in [5.41, 5.74) is 0.314. The summed E-state index contributed by atoms with van der Waals surface area (Å²) in [6.07, 6.45) is -2.26. The van der Waals surface area contributed by atoms with Crippen LogP contribution in [0.25, 0.3) is 0 Å². The quantitative estimate of drug-likeness (QED) is 0.227. The summed E-state index contributed by atoms with van der Waals surface area (Å²) in [5, 5.41) is 14.3. The van der Waals surface area contributed by atoms with Crippen molar-refractivity contribution in [1.82, 2.24) is 15.5 Å². The molecule has 4 rings (SSSR count). The first-order valence-electron chi connectivity index (χ1n) is 12.4. The molecular formula is C27H27N3O11S. The van der Waals surface area contributed by atoms with E-state index < -0.39 is 64.2 Å². The van der Waals surface area contributed by atoms with Crippen molar-refractivity contribution in [3.63, 3.8) is 0 Å². The number of carboxylic acid groups (broad SMARTS) is 1. The first-order valence-corrected chi connectivity index (χ1v) is 13.3. The Labute approximate surface area is 243 Å². The van der Waals surface area contributed by atoms with E-state index >= 15 is 0 Å². The molecular weight excluding hydrogens is 574 g/mol. The average molecular weight is 602 g/mol. The van der Waals surface area contributed by atoms with Crippen molar-refractivity contribution in [1.29, 1.82) is 0 Å². The van der Waals surface area contributed by atoms with Crippen LogP contribution in [-0.4, -0.2) is 82.4 Å². The number of thioether (sulfide) groups is 1. The molecule has 2 aromatic carbocycles. The molecule has 2 saturated heterocycles. The van der Waals surface area contributed by atoms with Crippen LogP contribution >= 0.6 is 11.8 Å².